The molecule has 0 fully saturated rings. The van der Waals surface area contributed by atoms with Crippen molar-refractivity contribution in [3.63, 3.8) is 0 Å². The minimum absolute atomic E-state index is 0.329. The monoisotopic (exact) mass is 256 g/mol. The molecule has 0 N–H and O–H groups in total. The quantitative estimate of drug-likeness (QED) is 0.773. The van der Waals surface area contributed by atoms with E-state index in [4.69, 9.17) is 21.1 Å². The number of ether oxygens (including phenoxy) is 2. The Hall–Kier alpha value is -1.22. The number of halogens is 1. The Labute approximate surface area is 107 Å². The minimum Gasteiger partial charge on any atom is -0.493 e. The van der Waals surface area contributed by atoms with Gasteiger partial charge in [-0.15, -0.1) is 0 Å². The van der Waals surface area contributed by atoms with Crippen LogP contribution >= 0.6 is 11.6 Å². The summed E-state index contributed by atoms with van der Waals surface area (Å²) in [6, 6.07) is 1.77. The van der Waals surface area contributed by atoms with Gasteiger partial charge in [-0.05, 0) is 44.9 Å². The molecule has 0 aliphatic heterocycles. The summed E-state index contributed by atoms with van der Waals surface area (Å²) in [7, 11) is 0. The molecule has 0 aliphatic rings. The smallest absolute Gasteiger partial charge is 0.342 e. The number of carbonyl (C=O) groups excluding carboxylic acids is 1. The first-order valence-corrected chi connectivity index (χ1v) is 6.00. The van der Waals surface area contributed by atoms with Gasteiger partial charge in [0, 0.05) is 5.02 Å². The van der Waals surface area contributed by atoms with Crippen LogP contribution in [-0.2, 0) is 4.74 Å². The molecule has 0 radical (unpaired) electrons. The predicted molar refractivity (Wildman–Crippen MR) is 68.1 cm³/mol. The number of hydrogen-bond acceptors (Lipinski definition) is 3. The van der Waals surface area contributed by atoms with Crippen LogP contribution in [0.25, 0.3) is 0 Å². The molecule has 0 spiro atoms. The molecule has 1 rings (SSSR count). The van der Waals surface area contributed by atoms with E-state index in [2.05, 4.69) is 0 Å². The Morgan fingerprint density at radius 3 is 2.47 bits per heavy atom. The molecule has 0 aromatic heterocycles. The summed E-state index contributed by atoms with van der Waals surface area (Å²) in [6.45, 7) is 8.14. The Kier molecular flexibility index (Phi) is 4.82. The van der Waals surface area contributed by atoms with E-state index in [1.165, 1.54) is 0 Å². The second-order valence-electron chi connectivity index (χ2n) is 3.66. The molecule has 17 heavy (non-hydrogen) atoms. The van der Waals surface area contributed by atoms with Gasteiger partial charge >= 0.3 is 5.97 Å². The largest absolute Gasteiger partial charge is 0.493 e. The number of esters is 1. The molecule has 0 bridgehead atoms. The van der Waals surface area contributed by atoms with E-state index in [1.54, 1.807) is 19.9 Å². The van der Waals surface area contributed by atoms with Crippen molar-refractivity contribution in [2.45, 2.75) is 27.7 Å². The van der Waals surface area contributed by atoms with Crippen molar-refractivity contribution in [1.82, 2.24) is 0 Å². The highest BCUT2D eigenvalue weighted by Gasteiger charge is 2.20. The molecule has 94 valence electrons. The molecule has 0 saturated heterocycles. The number of benzene rings is 1. The molecule has 3 nitrogen and oxygen atoms in total. The van der Waals surface area contributed by atoms with E-state index in [1.807, 2.05) is 13.8 Å². The Morgan fingerprint density at radius 2 is 1.94 bits per heavy atom. The summed E-state index contributed by atoms with van der Waals surface area (Å²) in [5, 5.41) is 0.580. The first-order valence-electron chi connectivity index (χ1n) is 5.62. The highest BCUT2D eigenvalue weighted by atomic mass is 35.5. The summed E-state index contributed by atoms with van der Waals surface area (Å²) in [4.78, 5) is 11.9. The molecule has 0 unspecified atom stereocenters. The normalized spacial score (nSPS) is 10.2. The van der Waals surface area contributed by atoms with Crippen molar-refractivity contribution in [1.29, 1.82) is 0 Å². The van der Waals surface area contributed by atoms with Crippen LogP contribution < -0.4 is 4.74 Å². The van der Waals surface area contributed by atoms with Crippen LogP contribution in [0.15, 0.2) is 6.07 Å². The fourth-order valence-corrected chi connectivity index (χ4v) is 1.80. The van der Waals surface area contributed by atoms with Crippen molar-refractivity contribution >= 4 is 17.6 Å². The third-order valence-electron chi connectivity index (χ3n) is 2.42. The van der Waals surface area contributed by atoms with Crippen LogP contribution in [0, 0.1) is 13.8 Å². The molecule has 0 atom stereocenters. The van der Waals surface area contributed by atoms with E-state index >= 15 is 0 Å². The predicted octanol–water partition coefficient (Wildman–Crippen LogP) is 3.53. The molecule has 1 aromatic rings. The van der Waals surface area contributed by atoms with Gasteiger partial charge in [0.2, 0.25) is 0 Å². The van der Waals surface area contributed by atoms with E-state index in [0.717, 1.165) is 5.56 Å². The Morgan fingerprint density at radius 1 is 1.29 bits per heavy atom. The maximum absolute atomic E-state index is 11.9. The van der Waals surface area contributed by atoms with E-state index in [9.17, 15) is 4.79 Å². The maximum Gasteiger partial charge on any atom is 0.342 e. The first kappa shape index (κ1) is 13.8. The summed E-state index contributed by atoms with van der Waals surface area (Å²) in [5.74, 6) is 0.140. The highest BCUT2D eigenvalue weighted by Crippen LogP contribution is 2.32. The lowest BCUT2D eigenvalue weighted by Crippen LogP contribution is -2.10. The van der Waals surface area contributed by atoms with Crippen molar-refractivity contribution in [2.24, 2.45) is 0 Å². The van der Waals surface area contributed by atoms with Crippen LogP contribution in [-0.4, -0.2) is 19.2 Å². The van der Waals surface area contributed by atoms with Gasteiger partial charge in [0.1, 0.15) is 11.3 Å². The van der Waals surface area contributed by atoms with Crippen molar-refractivity contribution < 1.29 is 14.3 Å². The van der Waals surface area contributed by atoms with E-state index < -0.39 is 5.97 Å². The third-order valence-corrected chi connectivity index (χ3v) is 3.01. The number of carbonyl (C=O) groups is 1. The zero-order valence-electron chi connectivity index (χ0n) is 10.6. The lowest BCUT2D eigenvalue weighted by molar-refractivity contribution is 0.0521. The van der Waals surface area contributed by atoms with Crippen LogP contribution in [0.5, 0.6) is 5.75 Å². The summed E-state index contributed by atoms with van der Waals surface area (Å²) < 4.78 is 10.5. The molecular weight excluding hydrogens is 240 g/mol. The third kappa shape index (κ3) is 2.91. The van der Waals surface area contributed by atoms with Crippen LogP contribution in [0.3, 0.4) is 0 Å². The summed E-state index contributed by atoms with van der Waals surface area (Å²) in [5.41, 5.74) is 2.01. The van der Waals surface area contributed by atoms with Crippen molar-refractivity contribution in [3.05, 3.63) is 27.8 Å². The number of rotatable bonds is 4. The minimum atomic E-state index is -0.393. The Balaban J connectivity index is 3.33. The fourth-order valence-electron chi connectivity index (χ4n) is 1.65. The van der Waals surface area contributed by atoms with Crippen molar-refractivity contribution in [3.8, 4) is 5.75 Å². The second kappa shape index (κ2) is 5.92. The summed E-state index contributed by atoms with van der Waals surface area (Å²) >= 11 is 6.14. The average molecular weight is 257 g/mol. The van der Waals surface area contributed by atoms with Crippen molar-refractivity contribution in [2.75, 3.05) is 13.2 Å². The molecule has 0 saturated carbocycles. The molecule has 0 aliphatic carbocycles. The highest BCUT2D eigenvalue weighted by molar-refractivity contribution is 6.32. The lowest BCUT2D eigenvalue weighted by Gasteiger charge is -2.14. The standard InChI is InChI=1S/C13H17ClO3/c1-5-16-10-7-8(3)12(14)9(4)11(10)13(15)17-6-2/h7H,5-6H2,1-4H3. The summed E-state index contributed by atoms with van der Waals surface area (Å²) in [6.07, 6.45) is 0. The number of hydrogen-bond donors (Lipinski definition) is 0. The molecule has 0 heterocycles. The topological polar surface area (TPSA) is 35.5 Å². The van der Waals surface area contributed by atoms with Gasteiger partial charge in [0.15, 0.2) is 0 Å². The maximum atomic E-state index is 11.9. The van der Waals surface area contributed by atoms with Crippen LogP contribution in [0.1, 0.15) is 35.3 Å². The zero-order chi connectivity index (χ0) is 13.0. The van der Waals surface area contributed by atoms with Gasteiger partial charge < -0.3 is 9.47 Å². The van der Waals surface area contributed by atoms with E-state index in [-0.39, 0.29) is 0 Å². The molecule has 4 heteroatoms. The van der Waals surface area contributed by atoms with E-state index in [0.29, 0.717) is 35.1 Å². The second-order valence-corrected chi connectivity index (χ2v) is 4.04. The molecule has 0 amide bonds. The van der Waals surface area contributed by atoms with Gasteiger partial charge in [0.05, 0.1) is 13.2 Å². The molecular formula is C13H17ClO3. The van der Waals surface area contributed by atoms with Gasteiger partial charge in [0.25, 0.3) is 0 Å². The van der Waals surface area contributed by atoms with Gasteiger partial charge in [-0.2, -0.15) is 0 Å². The Bertz CT molecular complexity index is 427. The zero-order valence-corrected chi connectivity index (χ0v) is 11.4. The first-order chi connectivity index (χ1) is 8.02. The van der Waals surface area contributed by atoms with Gasteiger partial charge in [-0.1, -0.05) is 11.6 Å². The van der Waals surface area contributed by atoms with Gasteiger partial charge in [-0.25, -0.2) is 4.79 Å². The lowest BCUT2D eigenvalue weighted by atomic mass is 10.0. The number of aryl methyl sites for hydroxylation is 1. The molecule has 1 aromatic carbocycles. The van der Waals surface area contributed by atoms with Crippen LogP contribution in [0.2, 0.25) is 5.02 Å². The van der Waals surface area contributed by atoms with Crippen LogP contribution in [0.4, 0.5) is 0 Å². The fraction of sp³-hybridized carbons (Fsp3) is 0.462. The van der Waals surface area contributed by atoms with Gasteiger partial charge in [-0.3, -0.25) is 0 Å². The SMILES string of the molecule is CCOC(=O)c1c(OCC)cc(C)c(Cl)c1C. The average Bonchev–Trinajstić information content (AvgIpc) is 2.27.